The van der Waals surface area contributed by atoms with Gasteiger partial charge in [-0.1, -0.05) is 18.2 Å². The van der Waals surface area contributed by atoms with Gasteiger partial charge in [0.2, 0.25) is 5.91 Å². The number of carbonyl (C=O) groups is 1. The van der Waals surface area contributed by atoms with Crippen LogP contribution >= 0.6 is 11.3 Å². The zero-order valence-corrected chi connectivity index (χ0v) is 16.9. The Kier molecular flexibility index (Phi) is 5.56. The molecule has 1 aromatic carbocycles. The van der Waals surface area contributed by atoms with E-state index >= 15 is 0 Å². The molecule has 0 aliphatic carbocycles. The van der Waals surface area contributed by atoms with Crippen molar-refractivity contribution in [2.45, 2.75) is 23.2 Å². The molecule has 7 nitrogen and oxygen atoms in total. The molecule has 0 spiro atoms. The third-order valence-corrected chi connectivity index (χ3v) is 8.15. The average molecular weight is 423 g/mol. The zero-order chi connectivity index (χ0) is 19.6. The number of piperidine rings is 1. The number of carbonyl (C=O) groups excluding carboxylic acids is 1. The Morgan fingerprint density at radius 1 is 1.21 bits per heavy atom. The summed E-state index contributed by atoms with van der Waals surface area (Å²) in [4.78, 5) is 12.6. The van der Waals surface area contributed by atoms with E-state index in [2.05, 4.69) is 5.32 Å². The van der Waals surface area contributed by atoms with E-state index in [0.29, 0.717) is 48.2 Å². The van der Waals surface area contributed by atoms with Gasteiger partial charge in [-0.3, -0.25) is 4.79 Å². The van der Waals surface area contributed by atoms with E-state index in [9.17, 15) is 13.2 Å². The lowest BCUT2D eigenvalue weighted by Gasteiger charge is -2.31. The van der Waals surface area contributed by atoms with Gasteiger partial charge in [-0.2, -0.15) is 4.31 Å². The number of benzene rings is 1. The number of hydrogen-bond donors (Lipinski definition) is 1. The second-order valence-electron chi connectivity index (χ2n) is 6.88. The maximum absolute atomic E-state index is 12.7. The summed E-state index contributed by atoms with van der Waals surface area (Å²) >= 11 is 1.20. The maximum Gasteiger partial charge on any atom is 0.252 e. The summed E-state index contributed by atoms with van der Waals surface area (Å²) in [6.07, 6.45) is 1.07. The zero-order valence-electron chi connectivity index (χ0n) is 15.2. The quantitative estimate of drug-likeness (QED) is 0.798. The Morgan fingerprint density at radius 2 is 2.04 bits per heavy atom. The fourth-order valence-electron chi connectivity index (χ4n) is 3.43. The van der Waals surface area contributed by atoms with Crippen LogP contribution in [0.1, 0.15) is 12.8 Å². The van der Waals surface area contributed by atoms with Gasteiger partial charge < -0.3 is 14.8 Å². The van der Waals surface area contributed by atoms with Crippen molar-refractivity contribution in [2.24, 2.45) is 5.92 Å². The number of hydrogen-bond acceptors (Lipinski definition) is 6. The topological polar surface area (TPSA) is 84.9 Å². The summed E-state index contributed by atoms with van der Waals surface area (Å²) in [6.45, 7) is 1.33. The number of sulfonamides is 1. The number of nitrogens with one attached hydrogen (secondary N) is 1. The fraction of sp³-hybridized carbons (Fsp3) is 0.421. The number of thiophene rings is 1. The first-order valence-corrected chi connectivity index (χ1v) is 11.6. The summed E-state index contributed by atoms with van der Waals surface area (Å²) in [5, 5.41) is 4.64. The Morgan fingerprint density at radius 3 is 2.82 bits per heavy atom. The van der Waals surface area contributed by atoms with Crippen molar-refractivity contribution in [3.05, 3.63) is 41.8 Å². The maximum atomic E-state index is 12.7. The molecule has 1 aromatic heterocycles. The number of fused-ring (bicyclic) bond motifs is 1. The predicted molar refractivity (Wildman–Crippen MR) is 105 cm³/mol. The molecule has 4 rings (SSSR count). The van der Waals surface area contributed by atoms with Gasteiger partial charge in [-0.25, -0.2) is 8.42 Å². The van der Waals surface area contributed by atoms with Crippen molar-refractivity contribution in [3.8, 4) is 11.5 Å². The molecule has 1 N–H and O–H groups in total. The molecule has 2 atom stereocenters. The third kappa shape index (κ3) is 4.01. The van der Waals surface area contributed by atoms with Crippen LogP contribution in [0.3, 0.4) is 0 Å². The summed E-state index contributed by atoms with van der Waals surface area (Å²) < 4.78 is 38.7. The normalized spacial score (nSPS) is 22.6. The molecule has 0 bridgehead atoms. The summed E-state index contributed by atoms with van der Waals surface area (Å²) in [5.41, 5.74) is 0. The first-order chi connectivity index (χ1) is 13.5. The molecule has 9 heteroatoms. The van der Waals surface area contributed by atoms with Crippen LogP contribution in [0.4, 0.5) is 0 Å². The van der Waals surface area contributed by atoms with E-state index in [1.165, 1.54) is 15.6 Å². The Hall–Kier alpha value is -2.10. The lowest BCUT2D eigenvalue weighted by Crippen LogP contribution is -2.48. The summed E-state index contributed by atoms with van der Waals surface area (Å²) in [6, 6.07) is 10.7. The molecule has 0 radical (unpaired) electrons. The Bertz CT molecular complexity index is 930. The van der Waals surface area contributed by atoms with Crippen molar-refractivity contribution in [1.29, 1.82) is 0 Å². The minimum atomic E-state index is -3.53. The third-order valence-electron chi connectivity index (χ3n) is 4.92. The van der Waals surface area contributed by atoms with E-state index in [1.807, 2.05) is 24.3 Å². The average Bonchev–Trinajstić information content (AvgIpc) is 3.28. The van der Waals surface area contributed by atoms with Gasteiger partial charge in [0.15, 0.2) is 11.5 Å². The lowest BCUT2D eigenvalue weighted by atomic mass is 9.99. The largest absolute Gasteiger partial charge is 0.486 e. The molecular formula is C19H22N2O5S2. The molecule has 3 heterocycles. The molecule has 2 aliphatic heterocycles. The SMILES string of the molecule is O=C(NCC1COc2ccccc2O1)C1CCCN(S(=O)(=O)c2cccs2)C1. The standard InChI is InChI=1S/C19H22N2O5S2/c22-19(20-11-15-13-25-16-6-1-2-7-17(16)26-15)14-5-3-9-21(12-14)28(23,24)18-8-4-10-27-18/h1-2,4,6-8,10,14-15H,3,5,9,11-13H2,(H,20,22). The minimum absolute atomic E-state index is 0.145. The molecule has 2 aromatic rings. The van der Waals surface area contributed by atoms with E-state index in [1.54, 1.807) is 17.5 Å². The van der Waals surface area contributed by atoms with Gasteiger partial charge in [0.1, 0.15) is 16.9 Å². The van der Waals surface area contributed by atoms with E-state index in [0.717, 1.165) is 0 Å². The van der Waals surface area contributed by atoms with Crippen LogP contribution in [0.5, 0.6) is 11.5 Å². The first kappa shape index (κ1) is 19.2. The molecule has 1 saturated heterocycles. The summed E-state index contributed by atoms with van der Waals surface area (Å²) in [5.74, 6) is 0.861. The molecule has 150 valence electrons. The number of para-hydroxylation sites is 2. The fourth-order valence-corrected chi connectivity index (χ4v) is 6.10. The summed E-state index contributed by atoms with van der Waals surface area (Å²) in [7, 11) is -3.53. The second-order valence-corrected chi connectivity index (χ2v) is 9.99. The van der Waals surface area contributed by atoms with Gasteiger partial charge >= 0.3 is 0 Å². The number of amides is 1. The van der Waals surface area contributed by atoms with Crippen LogP contribution in [-0.2, 0) is 14.8 Å². The number of rotatable bonds is 5. The molecule has 28 heavy (non-hydrogen) atoms. The van der Waals surface area contributed by atoms with Gasteiger partial charge in [0, 0.05) is 13.1 Å². The van der Waals surface area contributed by atoms with Crippen molar-refractivity contribution < 1.29 is 22.7 Å². The molecule has 1 fully saturated rings. The van der Waals surface area contributed by atoms with Crippen LogP contribution < -0.4 is 14.8 Å². The highest BCUT2D eigenvalue weighted by atomic mass is 32.2. The van der Waals surface area contributed by atoms with Gasteiger partial charge in [0.05, 0.1) is 12.5 Å². The smallest absolute Gasteiger partial charge is 0.252 e. The molecule has 2 unspecified atom stereocenters. The van der Waals surface area contributed by atoms with E-state index in [4.69, 9.17) is 9.47 Å². The molecule has 2 aliphatic rings. The van der Waals surface area contributed by atoms with Crippen LogP contribution in [0, 0.1) is 5.92 Å². The number of nitrogens with zero attached hydrogens (tertiary/aromatic N) is 1. The molecular weight excluding hydrogens is 400 g/mol. The predicted octanol–water partition coefficient (Wildman–Crippen LogP) is 2.10. The van der Waals surface area contributed by atoms with Crippen molar-refractivity contribution in [1.82, 2.24) is 9.62 Å². The lowest BCUT2D eigenvalue weighted by molar-refractivity contribution is -0.126. The van der Waals surface area contributed by atoms with Crippen molar-refractivity contribution in [2.75, 3.05) is 26.2 Å². The van der Waals surface area contributed by atoms with Crippen LogP contribution in [0.25, 0.3) is 0 Å². The van der Waals surface area contributed by atoms with Crippen LogP contribution in [0.2, 0.25) is 0 Å². The van der Waals surface area contributed by atoms with Crippen LogP contribution in [0.15, 0.2) is 46.0 Å². The highest BCUT2D eigenvalue weighted by Crippen LogP contribution is 2.31. The van der Waals surface area contributed by atoms with E-state index < -0.39 is 10.0 Å². The number of ether oxygens (including phenoxy) is 2. The van der Waals surface area contributed by atoms with E-state index in [-0.39, 0.29) is 24.5 Å². The Labute approximate surface area is 168 Å². The second kappa shape index (κ2) is 8.10. The van der Waals surface area contributed by atoms with Crippen LogP contribution in [-0.4, -0.2) is 51.0 Å². The Balaban J connectivity index is 1.33. The molecule has 1 amide bonds. The van der Waals surface area contributed by atoms with Crippen molar-refractivity contribution in [3.63, 3.8) is 0 Å². The monoisotopic (exact) mass is 422 g/mol. The highest BCUT2D eigenvalue weighted by molar-refractivity contribution is 7.91. The van der Waals surface area contributed by atoms with Gasteiger partial charge in [-0.05, 0) is 36.4 Å². The minimum Gasteiger partial charge on any atom is -0.486 e. The van der Waals surface area contributed by atoms with Gasteiger partial charge in [0.25, 0.3) is 10.0 Å². The van der Waals surface area contributed by atoms with Crippen molar-refractivity contribution >= 4 is 27.3 Å². The van der Waals surface area contributed by atoms with Gasteiger partial charge in [-0.15, -0.1) is 11.3 Å². The molecule has 0 saturated carbocycles. The highest BCUT2D eigenvalue weighted by Gasteiger charge is 2.34. The first-order valence-electron chi connectivity index (χ1n) is 9.24.